The lowest BCUT2D eigenvalue weighted by Gasteiger charge is -2.16. The first kappa shape index (κ1) is 26.8. The summed E-state index contributed by atoms with van der Waals surface area (Å²) in [5.41, 5.74) is -0.381. The van der Waals surface area contributed by atoms with Crippen molar-refractivity contribution >= 4 is 22.8 Å². The highest BCUT2D eigenvalue weighted by molar-refractivity contribution is 6.30. The van der Waals surface area contributed by atoms with Crippen molar-refractivity contribution in [2.45, 2.75) is 44.8 Å². The van der Waals surface area contributed by atoms with Crippen LogP contribution in [0.4, 0.5) is 13.2 Å². The minimum Gasteiger partial charge on any atom is -0.425 e. The lowest BCUT2D eigenvalue weighted by molar-refractivity contribution is -0.274. The molecule has 0 amide bonds. The van der Waals surface area contributed by atoms with Crippen LogP contribution in [0, 0.1) is 5.92 Å². The summed E-state index contributed by atoms with van der Waals surface area (Å²) < 4.78 is 51.8. The summed E-state index contributed by atoms with van der Waals surface area (Å²) in [5, 5.41) is 10.8. The fourth-order valence-corrected chi connectivity index (χ4v) is 4.94. The molecule has 2 aromatic heterocycles. The Morgan fingerprint density at radius 2 is 1.79 bits per heavy atom. The van der Waals surface area contributed by atoms with Gasteiger partial charge in [0.15, 0.2) is 11.2 Å². The summed E-state index contributed by atoms with van der Waals surface area (Å²) >= 11 is 6.02. The monoisotopic (exact) mass is 564 g/mol. The normalized spacial score (nSPS) is 17.6. The van der Waals surface area contributed by atoms with E-state index in [2.05, 4.69) is 9.72 Å². The number of aryl methyl sites for hydroxylation is 1. The Bertz CT molecular complexity index is 1630. The van der Waals surface area contributed by atoms with E-state index in [1.807, 2.05) is 0 Å². The van der Waals surface area contributed by atoms with Crippen LogP contribution < -0.4 is 20.7 Å². The van der Waals surface area contributed by atoms with Gasteiger partial charge < -0.3 is 14.6 Å². The smallest absolute Gasteiger partial charge is 0.425 e. The minimum absolute atomic E-state index is 0.0242. The van der Waals surface area contributed by atoms with Crippen molar-refractivity contribution < 1.29 is 27.8 Å². The van der Waals surface area contributed by atoms with Gasteiger partial charge in [-0.3, -0.25) is 18.5 Å². The molecule has 2 aromatic carbocycles. The van der Waals surface area contributed by atoms with E-state index in [-0.39, 0.29) is 41.9 Å². The van der Waals surface area contributed by atoms with Crippen LogP contribution >= 0.6 is 11.6 Å². The van der Waals surface area contributed by atoms with Crippen LogP contribution in [0.3, 0.4) is 0 Å². The average molecular weight is 565 g/mol. The Hall–Kier alpha value is -3.77. The van der Waals surface area contributed by atoms with E-state index < -0.39 is 29.5 Å². The second-order valence-electron chi connectivity index (χ2n) is 9.42. The molecule has 13 heteroatoms. The molecule has 206 valence electrons. The first-order valence-electron chi connectivity index (χ1n) is 12.2. The van der Waals surface area contributed by atoms with Crippen molar-refractivity contribution in [3.8, 4) is 17.5 Å². The predicted octanol–water partition coefficient (Wildman–Crippen LogP) is 4.45. The summed E-state index contributed by atoms with van der Waals surface area (Å²) in [4.78, 5) is 31.3. The number of halogens is 4. The number of imidazole rings is 1. The van der Waals surface area contributed by atoms with Gasteiger partial charge in [0.2, 0.25) is 0 Å². The van der Waals surface area contributed by atoms with Gasteiger partial charge in [0.25, 0.3) is 5.56 Å². The van der Waals surface area contributed by atoms with Crippen LogP contribution in [0.15, 0.2) is 58.1 Å². The van der Waals surface area contributed by atoms with E-state index in [0.29, 0.717) is 17.9 Å². The van der Waals surface area contributed by atoms with Gasteiger partial charge in [-0.05, 0) is 42.7 Å². The van der Waals surface area contributed by atoms with E-state index >= 15 is 0 Å². The molecule has 0 spiro atoms. The van der Waals surface area contributed by atoms with Crippen molar-refractivity contribution in [1.82, 2.24) is 18.7 Å². The zero-order valence-electron chi connectivity index (χ0n) is 20.7. The van der Waals surface area contributed by atoms with Crippen LogP contribution in [-0.2, 0) is 20.1 Å². The number of rotatable bonds is 7. The van der Waals surface area contributed by atoms with Gasteiger partial charge >= 0.3 is 18.1 Å². The molecule has 0 radical (unpaired) electrons. The SMILES string of the molecule is Cn1c(=O)n(CC2CCCC2O)c(=O)c2c1nc(Oc1cccc(OC(F)(F)F)c1)n2Cc1ccc(Cl)cc1. The van der Waals surface area contributed by atoms with Gasteiger partial charge in [-0.2, -0.15) is 4.98 Å². The summed E-state index contributed by atoms with van der Waals surface area (Å²) in [5.74, 6) is -0.762. The molecule has 2 atom stereocenters. The zero-order valence-corrected chi connectivity index (χ0v) is 21.4. The van der Waals surface area contributed by atoms with Crippen molar-refractivity contribution in [3.63, 3.8) is 0 Å². The Balaban J connectivity index is 1.64. The summed E-state index contributed by atoms with van der Waals surface area (Å²) in [7, 11) is 1.47. The molecular formula is C26H24ClF3N4O5. The van der Waals surface area contributed by atoms with Crippen LogP contribution in [0.1, 0.15) is 24.8 Å². The van der Waals surface area contributed by atoms with Gasteiger partial charge in [0, 0.05) is 30.6 Å². The highest BCUT2D eigenvalue weighted by Crippen LogP contribution is 2.31. The van der Waals surface area contributed by atoms with Crippen LogP contribution in [0.25, 0.3) is 11.2 Å². The third-order valence-corrected chi connectivity index (χ3v) is 6.99. The summed E-state index contributed by atoms with van der Waals surface area (Å²) in [6, 6.07) is 11.6. The second kappa shape index (κ2) is 10.4. The second-order valence-corrected chi connectivity index (χ2v) is 9.86. The lowest BCUT2D eigenvalue weighted by atomic mass is 10.1. The molecule has 0 bridgehead atoms. The quantitative estimate of drug-likeness (QED) is 0.356. The predicted molar refractivity (Wildman–Crippen MR) is 136 cm³/mol. The molecule has 4 aromatic rings. The Morgan fingerprint density at radius 1 is 1.08 bits per heavy atom. The maximum atomic E-state index is 13.7. The Labute approximate surface area is 224 Å². The number of aliphatic hydroxyl groups is 1. The third kappa shape index (κ3) is 5.66. The fraction of sp³-hybridized carbons (Fsp3) is 0.346. The number of ether oxygens (including phenoxy) is 2. The molecule has 2 heterocycles. The van der Waals surface area contributed by atoms with Crippen molar-refractivity contribution in [2.24, 2.45) is 13.0 Å². The number of hydrogen-bond acceptors (Lipinski definition) is 6. The molecule has 1 aliphatic rings. The standard InChI is InChI=1S/C26H24ClF3N4O5/c1-32-22-21(23(36)34(25(32)37)14-16-4-2-7-20(16)35)33(13-15-8-10-17(27)11-9-15)24(31-22)38-18-5-3-6-19(12-18)39-26(28,29)30/h3,5-6,8-12,16,20,35H,2,4,7,13-14H2,1H3. The zero-order chi connectivity index (χ0) is 27.9. The molecule has 0 aliphatic heterocycles. The number of fused-ring (bicyclic) bond motifs is 1. The molecule has 5 rings (SSSR count). The Morgan fingerprint density at radius 3 is 2.46 bits per heavy atom. The van der Waals surface area contributed by atoms with Crippen molar-refractivity contribution in [3.05, 3.63) is 80.0 Å². The van der Waals surface area contributed by atoms with Crippen LogP contribution in [0.5, 0.6) is 17.5 Å². The molecular weight excluding hydrogens is 541 g/mol. The molecule has 2 unspecified atom stereocenters. The van der Waals surface area contributed by atoms with E-state index in [9.17, 15) is 27.9 Å². The van der Waals surface area contributed by atoms with Crippen LogP contribution in [-0.4, -0.2) is 36.3 Å². The number of alkyl halides is 3. The molecule has 9 nitrogen and oxygen atoms in total. The molecule has 1 aliphatic carbocycles. The maximum Gasteiger partial charge on any atom is 0.573 e. The highest BCUT2D eigenvalue weighted by Gasteiger charge is 2.31. The topological polar surface area (TPSA) is 101 Å². The van der Waals surface area contributed by atoms with E-state index in [4.69, 9.17) is 16.3 Å². The Kier molecular flexibility index (Phi) is 7.17. The van der Waals surface area contributed by atoms with Gasteiger partial charge in [0.05, 0.1) is 12.6 Å². The molecule has 1 fully saturated rings. The fourth-order valence-electron chi connectivity index (χ4n) is 4.81. The highest BCUT2D eigenvalue weighted by atomic mass is 35.5. The van der Waals surface area contributed by atoms with Gasteiger partial charge in [-0.25, -0.2) is 4.79 Å². The van der Waals surface area contributed by atoms with E-state index in [1.165, 1.54) is 28.3 Å². The first-order valence-corrected chi connectivity index (χ1v) is 12.5. The number of aromatic nitrogens is 4. The molecule has 1 saturated carbocycles. The van der Waals surface area contributed by atoms with E-state index in [0.717, 1.165) is 28.7 Å². The minimum atomic E-state index is -4.89. The first-order chi connectivity index (χ1) is 18.5. The van der Waals surface area contributed by atoms with Crippen molar-refractivity contribution in [1.29, 1.82) is 0 Å². The third-order valence-electron chi connectivity index (χ3n) is 6.74. The number of hydrogen-bond donors (Lipinski definition) is 1. The maximum absolute atomic E-state index is 13.7. The lowest BCUT2D eigenvalue weighted by Crippen LogP contribution is -2.42. The largest absolute Gasteiger partial charge is 0.573 e. The average Bonchev–Trinajstić information content (AvgIpc) is 3.44. The van der Waals surface area contributed by atoms with Gasteiger partial charge in [-0.15, -0.1) is 13.2 Å². The van der Waals surface area contributed by atoms with Crippen LogP contribution in [0.2, 0.25) is 5.02 Å². The van der Waals surface area contributed by atoms with E-state index in [1.54, 1.807) is 24.3 Å². The molecule has 1 N–H and O–H groups in total. The van der Waals surface area contributed by atoms with Gasteiger partial charge in [0.1, 0.15) is 11.5 Å². The molecule has 39 heavy (non-hydrogen) atoms. The number of benzene rings is 2. The molecule has 0 saturated heterocycles. The van der Waals surface area contributed by atoms with Crippen molar-refractivity contribution in [2.75, 3.05) is 0 Å². The summed E-state index contributed by atoms with van der Waals surface area (Å²) in [6.07, 6.45) is -3.42. The number of nitrogens with zero attached hydrogens (tertiary/aromatic N) is 4. The van der Waals surface area contributed by atoms with Gasteiger partial charge in [-0.1, -0.05) is 36.2 Å². The summed E-state index contributed by atoms with van der Waals surface area (Å²) in [6.45, 7) is 0.128. The number of aliphatic hydroxyl groups excluding tert-OH is 1.